The number of fused-ring (bicyclic) bond motifs is 1. The summed E-state index contributed by atoms with van der Waals surface area (Å²) < 4.78 is 4.19. The van der Waals surface area contributed by atoms with Crippen LogP contribution in [0.1, 0.15) is 21.5 Å². The number of benzene rings is 2. The molecule has 0 saturated heterocycles. The maximum absolute atomic E-state index is 12.6. The number of aromatic nitrogens is 2. The van der Waals surface area contributed by atoms with E-state index in [2.05, 4.69) is 54.2 Å². The fourth-order valence-electron chi connectivity index (χ4n) is 3.39. The monoisotopic (exact) mass is 375 g/mol. The number of halogens is 1. The standard InChI is InChI=1S/C23H20ClN2O/c1-17-13-26(16-23(27)19-8-5-9-20(24)12-19)22-10-11-25(15-21(17)22)14-18-6-3-2-4-7-18/h2-13,15H,14,16H2,1H3/q+1. The lowest BCUT2D eigenvalue weighted by Crippen LogP contribution is -2.33. The highest BCUT2D eigenvalue weighted by Crippen LogP contribution is 2.20. The highest BCUT2D eigenvalue weighted by atomic mass is 35.5. The number of carbonyl (C=O) groups excluding carboxylic acids is 1. The molecule has 0 aliphatic rings. The van der Waals surface area contributed by atoms with Crippen LogP contribution in [-0.4, -0.2) is 10.4 Å². The molecule has 0 amide bonds. The Balaban J connectivity index is 1.62. The summed E-state index contributed by atoms with van der Waals surface area (Å²) in [5, 5.41) is 1.74. The molecule has 134 valence electrons. The van der Waals surface area contributed by atoms with E-state index in [4.69, 9.17) is 11.6 Å². The quantitative estimate of drug-likeness (QED) is 0.362. The molecule has 0 spiro atoms. The van der Waals surface area contributed by atoms with Crippen LogP contribution in [0.15, 0.2) is 79.3 Å². The summed E-state index contributed by atoms with van der Waals surface area (Å²) in [7, 11) is 0. The maximum atomic E-state index is 12.6. The minimum Gasteiger partial charge on any atom is -0.339 e. The van der Waals surface area contributed by atoms with E-state index >= 15 is 0 Å². The van der Waals surface area contributed by atoms with Crippen LogP contribution in [0.25, 0.3) is 10.9 Å². The zero-order valence-corrected chi connectivity index (χ0v) is 15.9. The zero-order chi connectivity index (χ0) is 18.8. The molecule has 4 aromatic rings. The van der Waals surface area contributed by atoms with Crippen molar-refractivity contribution in [3.63, 3.8) is 0 Å². The molecule has 3 nitrogen and oxygen atoms in total. The van der Waals surface area contributed by atoms with Crippen molar-refractivity contribution in [2.45, 2.75) is 20.0 Å². The molecule has 4 heteroatoms. The van der Waals surface area contributed by atoms with Crippen molar-refractivity contribution in [2.75, 3.05) is 0 Å². The molecule has 0 aliphatic heterocycles. The van der Waals surface area contributed by atoms with Gasteiger partial charge in [0.2, 0.25) is 0 Å². The van der Waals surface area contributed by atoms with Gasteiger partial charge in [-0.3, -0.25) is 4.79 Å². The number of rotatable bonds is 5. The first kappa shape index (κ1) is 17.5. The van der Waals surface area contributed by atoms with E-state index in [1.54, 1.807) is 24.3 Å². The largest absolute Gasteiger partial charge is 0.339 e. The molecule has 0 N–H and O–H groups in total. The van der Waals surface area contributed by atoms with Gasteiger partial charge in [0.25, 0.3) is 0 Å². The van der Waals surface area contributed by atoms with Crippen molar-refractivity contribution in [1.29, 1.82) is 0 Å². The smallest absolute Gasteiger partial charge is 0.182 e. The third-order valence-corrected chi connectivity index (χ3v) is 4.98. The summed E-state index contributed by atoms with van der Waals surface area (Å²) in [6.45, 7) is 3.20. The van der Waals surface area contributed by atoms with E-state index in [9.17, 15) is 4.79 Å². The average molecular weight is 376 g/mol. The zero-order valence-electron chi connectivity index (χ0n) is 15.1. The molecule has 2 heterocycles. The molecule has 27 heavy (non-hydrogen) atoms. The first-order chi connectivity index (χ1) is 13.1. The van der Waals surface area contributed by atoms with E-state index in [0.717, 1.165) is 23.0 Å². The van der Waals surface area contributed by atoms with Gasteiger partial charge in [0, 0.05) is 28.4 Å². The van der Waals surface area contributed by atoms with E-state index in [1.165, 1.54) is 5.56 Å². The number of Topliss-reactive ketones (excluding diaryl/α,β-unsaturated/α-hetero) is 1. The lowest BCUT2D eigenvalue weighted by molar-refractivity contribution is -0.687. The van der Waals surface area contributed by atoms with Crippen LogP contribution >= 0.6 is 11.6 Å². The average Bonchev–Trinajstić information content (AvgIpc) is 2.98. The Labute approximate surface area is 163 Å². The Morgan fingerprint density at radius 2 is 1.89 bits per heavy atom. The summed E-state index contributed by atoms with van der Waals surface area (Å²) in [6, 6.07) is 19.6. The van der Waals surface area contributed by atoms with Gasteiger partial charge in [-0.05, 0) is 24.6 Å². The minimum absolute atomic E-state index is 0.0513. The molecule has 2 aromatic heterocycles. The third kappa shape index (κ3) is 3.79. The summed E-state index contributed by atoms with van der Waals surface area (Å²) in [6.07, 6.45) is 6.26. The van der Waals surface area contributed by atoms with Crippen LogP contribution < -0.4 is 4.57 Å². The minimum atomic E-state index is 0.0513. The number of carbonyl (C=O) groups is 1. The second-order valence-corrected chi connectivity index (χ2v) is 7.21. The Kier molecular flexibility index (Phi) is 4.78. The van der Waals surface area contributed by atoms with Gasteiger partial charge in [0.1, 0.15) is 0 Å². The Morgan fingerprint density at radius 3 is 2.67 bits per heavy atom. The van der Waals surface area contributed by atoms with Gasteiger partial charge in [0.05, 0.1) is 17.4 Å². The molecule has 0 aliphatic carbocycles. The second kappa shape index (κ2) is 7.37. The van der Waals surface area contributed by atoms with Crippen LogP contribution in [0.4, 0.5) is 0 Å². The van der Waals surface area contributed by atoms with Crippen molar-refractivity contribution in [1.82, 2.24) is 4.57 Å². The van der Waals surface area contributed by atoms with E-state index in [0.29, 0.717) is 17.1 Å². The molecule has 0 saturated carbocycles. The van der Waals surface area contributed by atoms with Crippen LogP contribution in [0.5, 0.6) is 0 Å². The first-order valence-electron chi connectivity index (χ1n) is 8.91. The van der Waals surface area contributed by atoms with Crippen molar-refractivity contribution < 1.29 is 9.36 Å². The Bertz CT molecular complexity index is 1120. The van der Waals surface area contributed by atoms with Crippen LogP contribution in [0.3, 0.4) is 0 Å². The van der Waals surface area contributed by atoms with Gasteiger partial charge in [0.15, 0.2) is 24.7 Å². The van der Waals surface area contributed by atoms with Gasteiger partial charge < -0.3 is 4.57 Å². The maximum Gasteiger partial charge on any atom is 0.182 e. The number of hydrogen-bond donors (Lipinski definition) is 0. The number of aryl methyl sites for hydroxylation is 1. The van der Waals surface area contributed by atoms with Gasteiger partial charge in [-0.25, -0.2) is 4.57 Å². The lowest BCUT2D eigenvalue weighted by atomic mass is 10.1. The fraction of sp³-hybridized carbons (Fsp3) is 0.130. The number of hydrogen-bond acceptors (Lipinski definition) is 1. The van der Waals surface area contributed by atoms with Crippen LogP contribution in [0, 0.1) is 6.92 Å². The Hall–Kier alpha value is -2.91. The molecule has 0 atom stereocenters. The fourth-order valence-corrected chi connectivity index (χ4v) is 3.58. The molecule has 0 radical (unpaired) electrons. The van der Waals surface area contributed by atoms with Gasteiger partial charge in [-0.15, -0.1) is 0 Å². The van der Waals surface area contributed by atoms with Crippen molar-refractivity contribution in [3.05, 3.63) is 101 Å². The van der Waals surface area contributed by atoms with E-state index in [1.807, 2.05) is 16.8 Å². The van der Waals surface area contributed by atoms with Crippen LogP contribution in [0.2, 0.25) is 5.02 Å². The topological polar surface area (TPSA) is 25.9 Å². The second-order valence-electron chi connectivity index (χ2n) is 6.78. The van der Waals surface area contributed by atoms with Crippen LogP contribution in [-0.2, 0) is 13.1 Å². The summed E-state index contributed by atoms with van der Waals surface area (Å²) in [5.41, 5.74) is 4.12. The predicted octanol–water partition coefficient (Wildman–Crippen LogP) is 4.82. The van der Waals surface area contributed by atoms with Crippen molar-refractivity contribution in [2.24, 2.45) is 0 Å². The van der Waals surface area contributed by atoms with Crippen molar-refractivity contribution >= 4 is 28.3 Å². The van der Waals surface area contributed by atoms with Crippen molar-refractivity contribution in [3.8, 4) is 0 Å². The first-order valence-corrected chi connectivity index (χ1v) is 9.29. The Morgan fingerprint density at radius 1 is 1.07 bits per heavy atom. The molecule has 0 bridgehead atoms. The SMILES string of the molecule is Cc1cn(CC(=O)c2cccc(Cl)c2)c2cc[n+](Cc3ccccc3)cc12. The predicted molar refractivity (Wildman–Crippen MR) is 108 cm³/mol. The van der Waals surface area contributed by atoms with Gasteiger partial charge >= 0.3 is 0 Å². The molecular weight excluding hydrogens is 356 g/mol. The molecular formula is C23H20ClN2O+. The molecule has 2 aromatic carbocycles. The molecule has 0 unspecified atom stereocenters. The summed E-state index contributed by atoms with van der Waals surface area (Å²) in [5.74, 6) is 0.0513. The van der Waals surface area contributed by atoms with Gasteiger partial charge in [-0.2, -0.15) is 0 Å². The normalized spacial score (nSPS) is 11.0. The molecule has 0 fully saturated rings. The van der Waals surface area contributed by atoms with Gasteiger partial charge in [-0.1, -0.05) is 54.1 Å². The van der Waals surface area contributed by atoms with E-state index in [-0.39, 0.29) is 5.78 Å². The summed E-state index contributed by atoms with van der Waals surface area (Å²) >= 11 is 6.01. The summed E-state index contributed by atoms with van der Waals surface area (Å²) in [4.78, 5) is 12.6. The highest BCUT2D eigenvalue weighted by molar-refractivity contribution is 6.31. The highest BCUT2D eigenvalue weighted by Gasteiger charge is 2.14. The number of nitrogens with zero attached hydrogens (tertiary/aromatic N) is 2. The number of ketones is 1. The lowest BCUT2D eigenvalue weighted by Gasteiger charge is -2.05. The third-order valence-electron chi connectivity index (χ3n) is 4.75. The van der Waals surface area contributed by atoms with E-state index < -0.39 is 0 Å². The molecule has 4 rings (SSSR count). The number of pyridine rings is 1.